The fraction of sp³-hybridized carbons (Fsp3) is 0.400. The van der Waals surface area contributed by atoms with Gasteiger partial charge in [-0.2, -0.15) is 0 Å². The van der Waals surface area contributed by atoms with Crippen molar-refractivity contribution in [2.24, 2.45) is 5.92 Å². The van der Waals surface area contributed by atoms with Crippen LogP contribution in [0.3, 0.4) is 0 Å². The summed E-state index contributed by atoms with van der Waals surface area (Å²) < 4.78 is 0. The minimum absolute atomic E-state index is 0.387. The standard InChI is InChI=1S/C20H26N2/c1-21-16-17-12-14-22(15-13-17)20(18-8-4-2-5-9-18)19-10-6-3-7-11-19/h2-11,17,20-21H,12-16H2,1H3. The van der Waals surface area contributed by atoms with Gasteiger partial charge in [-0.15, -0.1) is 0 Å². The first-order chi connectivity index (χ1) is 10.9. The molecule has 0 bridgehead atoms. The van der Waals surface area contributed by atoms with Crippen LogP contribution in [0.5, 0.6) is 0 Å². The highest BCUT2D eigenvalue weighted by atomic mass is 15.2. The zero-order valence-corrected chi connectivity index (χ0v) is 13.4. The van der Waals surface area contributed by atoms with E-state index in [-0.39, 0.29) is 0 Å². The molecule has 0 saturated carbocycles. The van der Waals surface area contributed by atoms with Gasteiger partial charge in [-0.1, -0.05) is 60.7 Å². The third-order valence-corrected chi connectivity index (χ3v) is 4.74. The van der Waals surface area contributed by atoms with Crippen molar-refractivity contribution in [1.29, 1.82) is 0 Å². The molecule has 0 radical (unpaired) electrons. The Balaban J connectivity index is 1.81. The smallest absolute Gasteiger partial charge is 0.0601 e. The van der Waals surface area contributed by atoms with Crippen molar-refractivity contribution in [3.8, 4) is 0 Å². The van der Waals surface area contributed by atoms with Crippen LogP contribution in [0.1, 0.15) is 30.0 Å². The van der Waals surface area contributed by atoms with Crippen molar-refractivity contribution in [2.75, 3.05) is 26.7 Å². The van der Waals surface area contributed by atoms with Crippen LogP contribution in [0.4, 0.5) is 0 Å². The number of nitrogens with one attached hydrogen (secondary N) is 1. The van der Waals surface area contributed by atoms with Gasteiger partial charge < -0.3 is 5.32 Å². The van der Waals surface area contributed by atoms with E-state index in [1.54, 1.807) is 0 Å². The lowest BCUT2D eigenvalue weighted by atomic mass is 9.91. The molecule has 1 fully saturated rings. The highest BCUT2D eigenvalue weighted by molar-refractivity contribution is 5.31. The van der Waals surface area contributed by atoms with E-state index >= 15 is 0 Å². The summed E-state index contributed by atoms with van der Waals surface area (Å²) in [5, 5.41) is 3.33. The van der Waals surface area contributed by atoms with Gasteiger partial charge >= 0.3 is 0 Å². The molecule has 0 aliphatic carbocycles. The van der Waals surface area contributed by atoms with Crippen LogP contribution in [0.15, 0.2) is 60.7 Å². The molecule has 22 heavy (non-hydrogen) atoms. The van der Waals surface area contributed by atoms with E-state index in [9.17, 15) is 0 Å². The molecular weight excluding hydrogens is 268 g/mol. The number of nitrogens with zero attached hydrogens (tertiary/aromatic N) is 1. The number of piperidine rings is 1. The lowest BCUT2D eigenvalue weighted by molar-refractivity contribution is 0.151. The molecule has 2 nitrogen and oxygen atoms in total. The maximum Gasteiger partial charge on any atom is 0.0601 e. The van der Waals surface area contributed by atoms with Crippen molar-refractivity contribution >= 4 is 0 Å². The number of likely N-dealkylation sites (tertiary alicyclic amines) is 1. The summed E-state index contributed by atoms with van der Waals surface area (Å²) in [6, 6.07) is 22.2. The SMILES string of the molecule is CNCC1CCN(C(c2ccccc2)c2ccccc2)CC1. The third-order valence-electron chi connectivity index (χ3n) is 4.74. The highest BCUT2D eigenvalue weighted by Crippen LogP contribution is 2.32. The van der Waals surface area contributed by atoms with E-state index in [2.05, 4.69) is 77.9 Å². The molecule has 0 spiro atoms. The largest absolute Gasteiger partial charge is 0.319 e. The Morgan fingerprint density at radius 1 is 0.909 bits per heavy atom. The second kappa shape index (κ2) is 7.57. The van der Waals surface area contributed by atoms with Crippen LogP contribution in [-0.2, 0) is 0 Å². The predicted octanol–water partition coefficient (Wildman–Crippen LogP) is 3.71. The van der Waals surface area contributed by atoms with Gasteiger partial charge in [0.15, 0.2) is 0 Å². The molecule has 116 valence electrons. The first-order valence-electron chi connectivity index (χ1n) is 8.37. The Hall–Kier alpha value is -1.64. The van der Waals surface area contributed by atoms with Gasteiger partial charge in [0.25, 0.3) is 0 Å². The molecule has 1 N–H and O–H groups in total. The highest BCUT2D eigenvalue weighted by Gasteiger charge is 2.26. The van der Waals surface area contributed by atoms with Crippen molar-refractivity contribution in [3.05, 3.63) is 71.8 Å². The molecule has 0 atom stereocenters. The topological polar surface area (TPSA) is 15.3 Å². The number of hydrogen-bond donors (Lipinski definition) is 1. The first kappa shape index (κ1) is 15.3. The van der Waals surface area contributed by atoms with E-state index in [0.29, 0.717) is 6.04 Å². The van der Waals surface area contributed by atoms with E-state index in [0.717, 1.165) is 12.5 Å². The molecule has 0 unspecified atom stereocenters. The Morgan fingerprint density at radius 3 is 1.86 bits per heavy atom. The predicted molar refractivity (Wildman–Crippen MR) is 93.0 cm³/mol. The first-order valence-corrected chi connectivity index (χ1v) is 8.37. The maximum atomic E-state index is 3.33. The lowest BCUT2D eigenvalue weighted by Gasteiger charge is -2.38. The van der Waals surface area contributed by atoms with E-state index in [4.69, 9.17) is 0 Å². The summed E-state index contributed by atoms with van der Waals surface area (Å²) >= 11 is 0. The van der Waals surface area contributed by atoms with Crippen molar-refractivity contribution < 1.29 is 0 Å². The summed E-state index contributed by atoms with van der Waals surface area (Å²) in [6.07, 6.45) is 2.58. The van der Waals surface area contributed by atoms with Crippen LogP contribution < -0.4 is 5.32 Å². The zero-order chi connectivity index (χ0) is 15.2. The van der Waals surface area contributed by atoms with E-state index in [1.807, 2.05) is 0 Å². The number of benzene rings is 2. The average molecular weight is 294 g/mol. The molecule has 2 heteroatoms. The van der Waals surface area contributed by atoms with Gasteiger partial charge in [-0.05, 0) is 56.6 Å². The number of hydrogen-bond acceptors (Lipinski definition) is 2. The fourth-order valence-electron chi connectivity index (χ4n) is 3.59. The second-order valence-electron chi connectivity index (χ2n) is 6.26. The number of rotatable bonds is 5. The molecule has 1 aliphatic rings. The molecule has 0 amide bonds. The summed E-state index contributed by atoms with van der Waals surface area (Å²) in [7, 11) is 2.06. The van der Waals surface area contributed by atoms with Gasteiger partial charge in [0.05, 0.1) is 6.04 Å². The van der Waals surface area contributed by atoms with Crippen molar-refractivity contribution in [2.45, 2.75) is 18.9 Å². The molecule has 0 aromatic heterocycles. The molecule has 3 rings (SSSR count). The summed E-state index contributed by atoms with van der Waals surface area (Å²) in [5.74, 6) is 0.827. The monoisotopic (exact) mass is 294 g/mol. The third kappa shape index (κ3) is 3.57. The second-order valence-corrected chi connectivity index (χ2v) is 6.26. The Kier molecular flexibility index (Phi) is 5.25. The van der Waals surface area contributed by atoms with E-state index < -0.39 is 0 Å². The van der Waals surface area contributed by atoms with Crippen molar-refractivity contribution in [3.63, 3.8) is 0 Å². The molecular formula is C20H26N2. The Labute approximate surface area is 134 Å². The van der Waals surface area contributed by atoms with Crippen molar-refractivity contribution in [1.82, 2.24) is 10.2 Å². The molecule has 2 aromatic rings. The minimum Gasteiger partial charge on any atom is -0.319 e. The van der Waals surface area contributed by atoms with Gasteiger partial charge in [0, 0.05) is 0 Å². The molecule has 1 saturated heterocycles. The fourth-order valence-corrected chi connectivity index (χ4v) is 3.59. The normalized spacial score (nSPS) is 17.0. The molecule has 1 aliphatic heterocycles. The van der Waals surface area contributed by atoms with Crippen LogP contribution in [0, 0.1) is 5.92 Å². The van der Waals surface area contributed by atoms with Crippen LogP contribution in [0.25, 0.3) is 0 Å². The Morgan fingerprint density at radius 2 is 1.41 bits per heavy atom. The lowest BCUT2D eigenvalue weighted by Crippen LogP contribution is -2.39. The zero-order valence-electron chi connectivity index (χ0n) is 13.4. The van der Waals surface area contributed by atoms with Gasteiger partial charge in [-0.25, -0.2) is 0 Å². The van der Waals surface area contributed by atoms with E-state index in [1.165, 1.54) is 37.1 Å². The van der Waals surface area contributed by atoms with Gasteiger partial charge in [0.1, 0.15) is 0 Å². The molecule has 2 aromatic carbocycles. The summed E-state index contributed by atoms with van der Waals surface area (Å²) in [4.78, 5) is 2.65. The van der Waals surface area contributed by atoms with Gasteiger partial charge in [-0.3, -0.25) is 4.90 Å². The average Bonchev–Trinajstić information content (AvgIpc) is 2.59. The quantitative estimate of drug-likeness (QED) is 0.904. The summed E-state index contributed by atoms with van der Waals surface area (Å²) in [6.45, 7) is 3.51. The van der Waals surface area contributed by atoms with Crippen LogP contribution in [-0.4, -0.2) is 31.6 Å². The minimum atomic E-state index is 0.387. The Bertz CT molecular complexity index is 505. The summed E-state index contributed by atoms with van der Waals surface area (Å²) in [5.41, 5.74) is 2.81. The van der Waals surface area contributed by atoms with Crippen LogP contribution in [0.2, 0.25) is 0 Å². The maximum absolute atomic E-state index is 3.33. The molecule has 1 heterocycles. The van der Waals surface area contributed by atoms with Crippen LogP contribution >= 0.6 is 0 Å². The van der Waals surface area contributed by atoms with Gasteiger partial charge in [0.2, 0.25) is 0 Å².